The predicted molar refractivity (Wildman–Crippen MR) is 122 cm³/mol. The Bertz CT molecular complexity index is 1470. The number of hydrogen-bond donors (Lipinski definition) is 2. The minimum absolute atomic E-state index is 0.0620. The Kier molecular flexibility index (Phi) is 9.39. The van der Waals surface area contributed by atoms with Gasteiger partial charge in [0.05, 0.1) is 29.7 Å². The quantitative estimate of drug-likeness (QED) is 0.371. The molecule has 17 heteroatoms. The van der Waals surface area contributed by atoms with Crippen molar-refractivity contribution in [2.45, 2.75) is 35.6 Å². The molecule has 0 radical (unpaired) electrons. The van der Waals surface area contributed by atoms with Gasteiger partial charge in [-0.15, -0.1) is 0 Å². The van der Waals surface area contributed by atoms with E-state index in [2.05, 4.69) is 4.74 Å². The van der Waals surface area contributed by atoms with Crippen molar-refractivity contribution in [3.05, 3.63) is 58.7 Å². The third-order valence-electron chi connectivity index (χ3n) is 4.82. The molecule has 1 aliphatic rings. The van der Waals surface area contributed by atoms with Crippen LogP contribution in [-0.4, -0.2) is 60.7 Å². The van der Waals surface area contributed by atoms with Crippen LogP contribution >= 0.6 is 0 Å². The molecule has 0 bridgehead atoms. The number of nitrogens with two attached hydrogens (primary N) is 2. The Morgan fingerprint density at radius 1 is 0.895 bits per heavy atom. The number of hydrogen-bond acceptors (Lipinski definition) is 10. The third-order valence-corrected chi connectivity index (χ3v) is 6.94. The first-order chi connectivity index (χ1) is 17.4. The molecule has 12 nitrogen and oxygen atoms in total. The van der Waals surface area contributed by atoms with Crippen LogP contribution in [0.4, 0.5) is 13.2 Å². The summed E-state index contributed by atoms with van der Waals surface area (Å²) in [7, 11) is -7.83. The maximum absolute atomic E-state index is 12.4. The fraction of sp³-hybridized carbons (Fsp3) is 0.286. The van der Waals surface area contributed by atoms with Gasteiger partial charge >= 0.3 is 18.1 Å². The van der Waals surface area contributed by atoms with Gasteiger partial charge < -0.3 is 14.2 Å². The van der Waals surface area contributed by atoms with E-state index in [0.29, 0.717) is 24.7 Å². The highest BCUT2D eigenvalue weighted by atomic mass is 32.2. The number of esters is 2. The van der Waals surface area contributed by atoms with Gasteiger partial charge in [0.15, 0.2) is 0 Å². The second kappa shape index (κ2) is 11.6. The standard InChI is InChI=1S/C11H13NO5S.C10H8F3NO5S/c1-7-3-2-4-8(10(7)18(12,14)15)11(13)17-9-5-6-16-9;1-19-9(16)6-4-2-3-5(7(6)20(14,17)18)8(15)10(11,12)13/h2-4,9H,5-6H2,1H3,(H2,12,14,15);2-4H,1H3,(H2,14,17,18). The number of halogens is 3. The summed E-state index contributed by atoms with van der Waals surface area (Å²) >= 11 is 0. The molecule has 4 N–H and O–H groups in total. The minimum atomic E-state index is -5.31. The second-order valence-corrected chi connectivity index (χ2v) is 10.5. The van der Waals surface area contributed by atoms with E-state index in [4.69, 9.17) is 19.8 Å². The molecule has 1 heterocycles. The lowest BCUT2D eigenvalue weighted by atomic mass is 10.1. The maximum atomic E-state index is 12.4. The first-order valence-electron chi connectivity index (χ1n) is 10.2. The number of benzene rings is 2. The van der Waals surface area contributed by atoms with Crippen LogP contribution in [0.25, 0.3) is 0 Å². The zero-order valence-electron chi connectivity index (χ0n) is 19.6. The molecule has 1 saturated heterocycles. The van der Waals surface area contributed by atoms with Crippen LogP contribution in [0.15, 0.2) is 46.2 Å². The smallest absolute Gasteiger partial charge is 0.454 e. The molecule has 3 rings (SSSR count). The van der Waals surface area contributed by atoms with Gasteiger partial charge in [0.25, 0.3) is 5.78 Å². The molecular formula is C21H21F3N2O10S2. The van der Waals surface area contributed by atoms with E-state index >= 15 is 0 Å². The predicted octanol–water partition coefficient (Wildman–Crippen LogP) is 1.41. The minimum Gasteiger partial charge on any atom is -0.465 e. The van der Waals surface area contributed by atoms with E-state index in [1.807, 2.05) is 0 Å². The van der Waals surface area contributed by atoms with E-state index < -0.39 is 66.3 Å². The number of Topliss-reactive ketones (excluding diaryl/α,β-unsaturated/α-hetero) is 1. The molecular weight excluding hydrogens is 561 g/mol. The normalized spacial score (nSPS) is 15.4. The van der Waals surface area contributed by atoms with Gasteiger partial charge in [-0.3, -0.25) is 4.79 Å². The zero-order valence-corrected chi connectivity index (χ0v) is 21.3. The highest BCUT2D eigenvalue weighted by molar-refractivity contribution is 7.89. The highest BCUT2D eigenvalue weighted by Crippen LogP contribution is 2.28. The van der Waals surface area contributed by atoms with Gasteiger partial charge in [-0.2, -0.15) is 13.2 Å². The molecule has 0 amide bonds. The average molecular weight is 583 g/mol. The van der Waals surface area contributed by atoms with Crippen molar-refractivity contribution < 1.29 is 58.6 Å². The van der Waals surface area contributed by atoms with Crippen LogP contribution in [0.5, 0.6) is 0 Å². The Hall–Kier alpha value is -3.38. The van der Waals surface area contributed by atoms with E-state index in [1.54, 1.807) is 19.1 Å². The number of carbonyl (C=O) groups is 3. The number of ether oxygens (including phenoxy) is 3. The Labute approximate surface area is 214 Å². The number of carbonyl (C=O) groups excluding carboxylic acids is 3. The van der Waals surface area contributed by atoms with Crippen molar-refractivity contribution in [3.63, 3.8) is 0 Å². The van der Waals surface area contributed by atoms with Crippen LogP contribution in [0.3, 0.4) is 0 Å². The molecule has 1 unspecified atom stereocenters. The molecule has 0 saturated carbocycles. The molecule has 0 aliphatic carbocycles. The number of ketones is 1. The number of primary sulfonamides is 2. The molecule has 2 aromatic carbocycles. The lowest BCUT2D eigenvalue weighted by molar-refractivity contribution is -0.184. The summed E-state index contributed by atoms with van der Waals surface area (Å²) in [5.74, 6) is -4.40. The van der Waals surface area contributed by atoms with Crippen molar-refractivity contribution in [2.24, 2.45) is 10.3 Å². The summed E-state index contributed by atoms with van der Waals surface area (Å²) in [6, 6.07) is 6.92. The number of methoxy groups -OCH3 is 1. The lowest BCUT2D eigenvalue weighted by Crippen LogP contribution is -2.32. The summed E-state index contributed by atoms with van der Waals surface area (Å²) in [6.07, 6.45) is -5.29. The van der Waals surface area contributed by atoms with Crippen LogP contribution in [0, 0.1) is 6.92 Å². The Morgan fingerprint density at radius 3 is 1.79 bits per heavy atom. The number of rotatable bonds is 6. The number of aryl methyl sites for hydroxylation is 1. The topological polar surface area (TPSA) is 199 Å². The summed E-state index contributed by atoms with van der Waals surface area (Å²) in [6.45, 7) is 2.10. The molecule has 1 fully saturated rings. The van der Waals surface area contributed by atoms with Gasteiger partial charge in [-0.1, -0.05) is 18.2 Å². The molecule has 0 aromatic heterocycles. The van der Waals surface area contributed by atoms with Gasteiger partial charge in [-0.25, -0.2) is 36.7 Å². The molecule has 1 atom stereocenters. The van der Waals surface area contributed by atoms with Crippen molar-refractivity contribution in [1.82, 2.24) is 0 Å². The summed E-state index contributed by atoms with van der Waals surface area (Å²) in [5.41, 5.74) is -1.64. The third kappa shape index (κ3) is 7.35. The molecule has 208 valence electrons. The molecule has 2 aromatic rings. The van der Waals surface area contributed by atoms with Crippen molar-refractivity contribution in [3.8, 4) is 0 Å². The number of alkyl halides is 3. The SMILES string of the molecule is COC(=O)c1cccc(C(=O)C(F)(F)F)c1S(N)(=O)=O.Cc1cccc(C(=O)OC2CCO2)c1S(N)(=O)=O. The van der Waals surface area contributed by atoms with Crippen LogP contribution in [0.2, 0.25) is 0 Å². The van der Waals surface area contributed by atoms with E-state index in [-0.39, 0.29) is 10.5 Å². The van der Waals surface area contributed by atoms with Crippen molar-refractivity contribution >= 4 is 37.8 Å². The van der Waals surface area contributed by atoms with E-state index in [0.717, 1.165) is 19.2 Å². The number of sulfonamides is 2. The van der Waals surface area contributed by atoms with Crippen LogP contribution < -0.4 is 10.3 Å². The largest absolute Gasteiger partial charge is 0.465 e. The molecule has 0 spiro atoms. The molecule has 1 aliphatic heterocycles. The van der Waals surface area contributed by atoms with Crippen molar-refractivity contribution in [1.29, 1.82) is 0 Å². The average Bonchev–Trinajstić information content (AvgIpc) is 2.77. The lowest BCUT2D eigenvalue weighted by Gasteiger charge is -2.26. The summed E-state index contributed by atoms with van der Waals surface area (Å²) in [4.78, 5) is 33.0. The second-order valence-electron chi connectivity index (χ2n) is 7.54. The van der Waals surface area contributed by atoms with Gasteiger partial charge in [0.1, 0.15) is 4.90 Å². The van der Waals surface area contributed by atoms with Gasteiger partial charge in [0, 0.05) is 12.0 Å². The molecule has 38 heavy (non-hydrogen) atoms. The summed E-state index contributed by atoms with van der Waals surface area (Å²) in [5, 5.41) is 9.88. The fourth-order valence-corrected chi connectivity index (χ4v) is 5.03. The monoisotopic (exact) mass is 582 g/mol. The Morgan fingerprint density at radius 2 is 1.37 bits per heavy atom. The van der Waals surface area contributed by atoms with Crippen molar-refractivity contribution in [2.75, 3.05) is 13.7 Å². The highest BCUT2D eigenvalue weighted by Gasteiger charge is 2.42. The van der Waals surface area contributed by atoms with E-state index in [1.165, 1.54) is 6.07 Å². The van der Waals surface area contributed by atoms with Gasteiger partial charge in [0.2, 0.25) is 26.3 Å². The van der Waals surface area contributed by atoms with Crippen LogP contribution in [0.1, 0.15) is 43.1 Å². The van der Waals surface area contributed by atoms with Crippen LogP contribution in [-0.2, 0) is 34.3 Å². The first kappa shape index (κ1) is 30.8. The van der Waals surface area contributed by atoms with E-state index in [9.17, 15) is 44.4 Å². The summed E-state index contributed by atoms with van der Waals surface area (Å²) < 4.78 is 97.2. The first-order valence-corrected chi connectivity index (χ1v) is 13.3. The Balaban J connectivity index is 0.000000268. The zero-order chi connectivity index (χ0) is 29.1. The fourth-order valence-electron chi connectivity index (χ4n) is 3.13. The van der Waals surface area contributed by atoms with Gasteiger partial charge in [-0.05, 0) is 30.7 Å². The maximum Gasteiger partial charge on any atom is 0.454 e.